The molecule has 0 radical (unpaired) electrons. The normalized spacial score (nSPS) is 15.5. The van der Waals surface area contributed by atoms with E-state index in [0.717, 1.165) is 29.2 Å². The smallest absolute Gasteiger partial charge is 0.257 e. The molecule has 0 aliphatic carbocycles. The molecule has 1 aromatic heterocycles. The number of para-hydroxylation sites is 1. The molecule has 1 unspecified atom stereocenters. The van der Waals surface area contributed by atoms with Crippen LogP contribution in [0.4, 0.5) is 11.4 Å². The Morgan fingerprint density at radius 1 is 1.03 bits per heavy atom. The predicted molar refractivity (Wildman–Crippen MR) is 126 cm³/mol. The first-order valence-electron chi connectivity index (χ1n) is 10.8. The van der Waals surface area contributed by atoms with Crippen molar-refractivity contribution < 1.29 is 14.3 Å². The van der Waals surface area contributed by atoms with E-state index in [9.17, 15) is 4.79 Å². The summed E-state index contributed by atoms with van der Waals surface area (Å²) in [6.45, 7) is 5.38. The molecule has 1 saturated heterocycles. The van der Waals surface area contributed by atoms with Crippen molar-refractivity contribution in [1.82, 2.24) is 9.88 Å². The Kier molecular flexibility index (Phi) is 6.30. The number of ether oxygens (including phenoxy) is 2. The number of hydrogen-bond acceptors (Lipinski definition) is 5. The summed E-state index contributed by atoms with van der Waals surface area (Å²) in [7, 11) is 3.13. The Labute approximate surface area is 189 Å². The van der Waals surface area contributed by atoms with Crippen molar-refractivity contribution in [2.45, 2.75) is 26.2 Å². The first kappa shape index (κ1) is 21.7. The highest BCUT2D eigenvalue weighted by atomic mass is 16.5. The molecule has 1 aliphatic heterocycles. The maximum atomic E-state index is 13.2. The zero-order chi connectivity index (χ0) is 22.7. The first-order valence-corrected chi connectivity index (χ1v) is 10.8. The molecule has 0 spiro atoms. The molecule has 4 rings (SSSR count). The number of carbonyl (C=O) groups is 1. The number of hydrogen-bond donors (Lipinski definition) is 1. The quantitative estimate of drug-likeness (QED) is 0.589. The van der Waals surface area contributed by atoms with Crippen LogP contribution in [0.5, 0.6) is 11.5 Å². The Morgan fingerprint density at radius 2 is 1.81 bits per heavy atom. The number of nitrogens with one attached hydrogen (secondary N) is 1. The molecule has 1 N–H and O–H groups in total. The molecular formula is C26H29N3O3. The van der Waals surface area contributed by atoms with Crippen LogP contribution in [-0.4, -0.2) is 43.1 Å². The third-order valence-corrected chi connectivity index (χ3v) is 5.84. The SMILES string of the molecule is COc1cccc(C(=O)N2CCC(c3cc(Nc4ccc(C)cc4)cc(C)n3)C2)c1OC. The molecule has 166 valence electrons. The summed E-state index contributed by atoms with van der Waals surface area (Å²) in [4.78, 5) is 19.9. The second kappa shape index (κ2) is 9.30. The number of carbonyl (C=O) groups excluding carboxylic acids is 1. The number of pyridine rings is 1. The topological polar surface area (TPSA) is 63.7 Å². The van der Waals surface area contributed by atoms with E-state index in [-0.39, 0.29) is 11.8 Å². The molecule has 32 heavy (non-hydrogen) atoms. The molecule has 3 aromatic rings. The van der Waals surface area contributed by atoms with Crippen LogP contribution in [0.3, 0.4) is 0 Å². The van der Waals surface area contributed by atoms with Crippen LogP contribution in [0.1, 0.15) is 39.6 Å². The van der Waals surface area contributed by atoms with E-state index >= 15 is 0 Å². The fraction of sp³-hybridized carbons (Fsp3) is 0.308. The van der Waals surface area contributed by atoms with E-state index in [4.69, 9.17) is 14.5 Å². The zero-order valence-corrected chi connectivity index (χ0v) is 19.0. The number of aryl methyl sites for hydroxylation is 2. The zero-order valence-electron chi connectivity index (χ0n) is 19.0. The molecule has 2 aromatic carbocycles. The first-order chi connectivity index (χ1) is 15.5. The van der Waals surface area contributed by atoms with Gasteiger partial charge in [0.05, 0.1) is 19.8 Å². The Hall–Kier alpha value is -3.54. The van der Waals surface area contributed by atoms with Crippen molar-refractivity contribution in [1.29, 1.82) is 0 Å². The van der Waals surface area contributed by atoms with Crippen LogP contribution in [0.2, 0.25) is 0 Å². The van der Waals surface area contributed by atoms with Crippen LogP contribution in [0, 0.1) is 13.8 Å². The van der Waals surface area contributed by atoms with Gasteiger partial charge in [-0.2, -0.15) is 0 Å². The van der Waals surface area contributed by atoms with Crippen molar-refractivity contribution >= 4 is 17.3 Å². The summed E-state index contributed by atoms with van der Waals surface area (Å²) >= 11 is 0. The van der Waals surface area contributed by atoms with E-state index in [2.05, 4.69) is 42.6 Å². The van der Waals surface area contributed by atoms with Gasteiger partial charge >= 0.3 is 0 Å². The summed E-state index contributed by atoms with van der Waals surface area (Å²) in [5.74, 6) is 1.17. The minimum absolute atomic E-state index is 0.0473. The van der Waals surface area contributed by atoms with Crippen LogP contribution in [0.15, 0.2) is 54.6 Å². The lowest BCUT2D eigenvalue weighted by Crippen LogP contribution is -2.29. The highest BCUT2D eigenvalue weighted by molar-refractivity contribution is 5.98. The number of anilines is 2. The lowest BCUT2D eigenvalue weighted by atomic mass is 10.0. The summed E-state index contributed by atoms with van der Waals surface area (Å²) in [5, 5.41) is 3.47. The molecule has 1 aliphatic rings. The van der Waals surface area contributed by atoms with Gasteiger partial charge in [-0.15, -0.1) is 0 Å². The number of methoxy groups -OCH3 is 2. The Bertz CT molecular complexity index is 1110. The summed E-state index contributed by atoms with van der Waals surface area (Å²) in [5.41, 5.74) is 5.76. The second-order valence-electron chi connectivity index (χ2n) is 8.19. The number of amides is 1. The van der Waals surface area contributed by atoms with E-state index in [1.165, 1.54) is 5.56 Å². The van der Waals surface area contributed by atoms with Gasteiger partial charge < -0.3 is 19.7 Å². The van der Waals surface area contributed by atoms with Gasteiger partial charge in [-0.05, 0) is 56.7 Å². The third-order valence-electron chi connectivity index (χ3n) is 5.84. The van der Waals surface area contributed by atoms with Gasteiger partial charge in [0, 0.05) is 41.8 Å². The van der Waals surface area contributed by atoms with Gasteiger partial charge in [0.1, 0.15) is 0 Å². The van der Waals surface area contributed by atoms with E-state index in [1.807, 2.05) is 24.0 Å². The van der Waals surface area contributed by atoms with Gasteiger partial charge in [0.25, 0.3) is 5.91 Å². The molecule has 1 fully saturated rings. The second-order valence-corrected chi connectivity index (χ2v) is 8.19. The van der Waals surface area contributed by atoms with Gasteiger partial charge in [-0.1, -0.05) is 23.8 Å². The number of nitrogens with zero attached hydrogens (tertiary/aromatic N) is 2. The highest BCUT2D eigenvalue weighted by Gasteiger charge is 2.31. The van der Waals surface area contributed by atoms with E-state index in [1.54, 1.807) is 26.4 Å². The molecule has 0 saturated carbocycles. The number of rotatable bonds is 6. The summed E-state index contributed by atoms with van der Waals surface area (Å²) in [6.07, 6.45) is 0.873. The fourth-order valence-electron chi connectivity index (χ4n) is 4.19. The van der Waals surface area contributed by atoms with Crippen molar-refractivity contribution in [3.8, 4) is 11.5 Å². The Morgan fingerprint density at radius 3 is 2.53 bits per heavy atom. The van der Waals surface area contributed by atoms with Crippen molar-refractivity contribution in [3.63, 3.8) is 0 Å². The van der Waals surface area contributed by atoms with Crippen LogP contribution < -0.4 is 14.8 Å². The summed E-state index contributed by atoms with van der Waals surface area (Å²) in [6, 6.07) is 17.8. The number of aromatic nitrogens is 1. The number of benzene rings is 2. The van der Waals surface area contributed by atoms with Crippen LogP contribution in [-0.2, 0) is 0 Å². The maximum absolute atomic E-state index is 13.2. The molecular weight excluding hydrogens is 402 g/mol. The molecule has 1 amide bonds. The Balaban J connectivity index is 1.51. The van der Waals surface area contributed by atoms with Crippen molar-refractivity contribution in [2.24, 2.45) is 0 Å². The largest absolute Gasteiger partial charge is 0.493 e. The minimum atomic E-state index is -0.0473. The standard InChI is InChI=1S/C26H29N3O3/c1-17-8-10-20(11-9-17)28-21-14-18(2)27-23(15-21)19-12-13-29(16-19)26(30)22-6-5-7-24(31-3)25(22)32-4/h5-11,14-15,19H,12-13,16H2,1-4H3,(H,27,28). The van der Waals surface area contributed by atoms with Crippen molar-refractivity contribution in [2.75, 3.05) is 32.6 Å². The maximum Gasteiger partial charge on any atom is 0.257 e. The van der Waals surface area contributed by atoms with Gasteiger partial charge in [0.15, 0.2) is 11.5 Å². The average molecular weight is 432 g/mol. The lowest BCUT2D eigenvalue weighted by Gasteiger charge is -2.19. The van der Waals surface area contributed by atoms with Gasteiger partial charge in [0.2, 0.25) is 0 Å². The van der Waals surface area contributed by atoms with Crippen molar-refractivity contribution in [3.05, 3.63) is 77.1 Å². The van der Waals surface area contributed by atoms with Gasteiger partial charge in [-0.25, -0.2) is 0 Å². The molecule has 0 bridgehead atoms. The average Bonchev–Trinajstić information content (AvgIpc) is 3.29. The van der Waals surface area contributed by atoms with Gasteiger partial charge in [-0.3, -0.25) is 9.78 Å². The lowest BCUT2D eigenvalue weighted by molar-refractivity contribution is 0.0786. The monoisotopic (exact) mass is 431 g/mol. The van der Waals surface area contributed by atoms with E-state index in [0.29, 0.717) is 30.2 Å². The van der Waals surface area contributed by atoms with Crippen LogP contribution >= 0.6 is 0 Å². The molecule has 6 nitrogen and oxygen atoms in total. The molecule has 6 heteroatoms. The molecule has 2 heterocycles. The summed E-state index contributed by atoms with van der Waals surface area (Å²) < 4.78 is 10.8. The number of likely N-dealkylation sites (tertiary alicyclic amines) is 1. The van der Waals surface area contributed by atoms with E-state index < -0.39 is 0 Å². The fourth-order valence-corrected chi connectivity index (χ4v) is 4.19. The molecule has 1 atom stereocenters. The predicted octanol–water partition coefficient (Wildman–Crippen LogP) is 5.09. The van der Waals surface area contributed by atoms with Crippen LogP contribution in [0.25, 0.3) is 0 Å². The third kappa shape index (κ3) is 4.54. The highest BCUT2D eigenvalue weighted by Crippen LogP contribution is 2.34. The minimum Gasteiger partial charge on any atom is -0.493 e.